The van der Waals surface area contributed by atoms with Crippen LogP contribution < -0.4 is 0 Å². The van der Waals surface area contributed by atoms with Gasteiger partial charge in [0.05, 0.1) is 6.61 Å². The third-order valence-electron chi connectivity index (χ3n) is 2.11. The maximum atomic E-state index is 9.03. The zero-order chi connectivity index (χ0) is 9.68. The van der Waals surface area contributed by atoms with Crippen LogP contribution in [0.4, 0.5) is 0 Å². The zero-order valence-electron chi connectivity index (χ0n) is 7.83. The van der Waals surface area contributed by atoms with E-state index in [9.17, 15) is 0 Å². The number of allylic oxidation sites excluding steroid dienone is 1. The zero-order valence-corrected chi connectivity index (χ0v) is 7.83. The van der Waals surface area contributed by atoms with Gasteiger partial charge >= 0.3 is 0 Å². The Kier molecular flexibility index (Phi) is 3.47. The van der Waals surface area contributed by atoms with Crippen LogP contribution in [0.15, 0.2) is 48.6 Å². The lowest BCUT2D eigenvalue weighted by atomic mass is 10.0. The summed E-state index contributed by atoms with van der Waals surface area (Å²) in [5.74, 6) is 0. The van der Waals surface area contributed by atoms with Crippen molar-refractivity contribution in [3.05, 3.63) is 54.1 Å². The molecule has 0 saturated heterocycles. The van der Waals surface area contributed by atoms with Crippen molar-refractivity contribution in [2.24, 2.45) is 0 Å². The van der Waals surface area contributed by atoms with Gasteiger partial charge in [-0.25, -0.2) is 0 Å². The smallest absolute Gasteiger partial charge is 0.0684 e. The Labute approximate surface area is 79.0 Å². The SMILES string of the molecule is C=C/C(CO)=C(\C)c1ccccc1. The van der Waals surface area contributed by atoms with E-state index in [4.69, 9.17) is 5.11 Å². The molecule has 1 N–H and O–H groups in total. The van der Waals surface area contributed by atoms with E-state index in [1.165, 1.54) is 0 Å². The first-order chi connectivity index (χ1) is 6.29. The molecule has 1 aromatic carbocycles. The van der Waals surface area contributed by atoms with Crippen molar-refractivity contribution in [2.45, 2.75) is 6.92 Å². The average Bonchev–Trinajstić information content (AvgIpc) is 2.21. The molecule has 0 atom stereocenters. The molecule has 0 unspecified atom stereocenters. The molecule has 0 heterocycles. The fourth-order valence-corrected chi connectivity index (χ4v) is 1.21. The molecular formula is C12H14O. The fourth-order valence-electron chi connectivity index (χ4n) is 1.21. The predicted molar refractivity (Wildman–Crippen MR) is 56.3 cm³/mol. The molecule has 0 aliphatic rings. The van der Waals surface area contributed by atoms with Gasteiger partial charge in [-0.05, 0) is 23.6 Å². The summed E-state index contributed by atoms with van der Waals surface area (Å²) in [7, 11) is 0. The van der Waals surface area contributed by atoms with Gasteiger partial charge in [-0.15, -0.1) is 0 Å². The van der Waals surface area contributed by atoms with Crippen LogP contribution in [-0.2, 0) is 0 Å². The summed E-state index contributed by atoms with van der Waals surface area (Å²) < 4.78 is 0. The normalized spacial score (nSPS) is 12.2. The molecule has 0 aliphatic carbocycles. The second-order valence-corrected chi connectivity index (χ2v) is 2.88. The summed E-state index contributed by atoms with van der Waals surface area (Å²) in [5, 5.41) is 9.03. The van der Waals surface area contributed by atoms with Crippen LogP contribution in [0.1, 0.15) is 12.5 Å². The van der Waals surface area contributed by atoms with E-state index in [2.05, 4.69) is 6.58 Å². The second kappa shape index (κ2) is 4.63. The Morgan fingerprint density at radius 3 is 2.46 bits per heavy atom. The largest absolute Gasteiger partial charge is 0.392 e. The Morgan fingerprint density at radius 2 is 2.00 bits per heavy atom. The standard InChI is InChI=1S/C12H14O/c1-3-11(9-13)10(2)12-7-5-4-6-8-12/h3-8,13H,1,9H2,2H3/b11-10-. The Bertz CT molecular complexity index is 309. The summed E-state index contributed by atoms with van der Waals surface area (Å²) in [5.41, 5.74) is 3.09. The van der Waals surface area contributed by atoms with Crippen molar-refractivity contribution in [2.75, 3.05) is 6.61 Å². The van der Waals surface area contributed by atoms with E-state index < -0.39 is 0 Å². The van der Waals surface area contributed by atoms with Crippen LogP contribution in [-0.4, -0.2) is 11.7 Å². The van der Waals surface area contributed by atoms with Gasteiger partial charge in [0.25, 0.3) is 0 Å². The van der Waals surface area contributed by atoms with Crippen LogP contribution in [0.25, 0.3) is 5.57 Å². The highest BCUT2D eigenvalue weighted by Crippen LogP contribution is 2.17. The van der Waals surface area contributed by atoms with Crippen LogP contribution in [0, 0.1) is 0 Å². The van der Waals surface area contributed by atoms with Crippen molar-refractivity contribution < 1.29 is 5.11 Å². The Hall–Kier alpha value is -1.34. The maximum Gasteiger partial charge on any atom is 0.0684 e. The third kappa shape index (κ3) is 2.30. The number of hydrogen-bond acceptors (Lipinski definition) is 1. The summed E-state index contributed by atoms with van der Waals surface area (Å²) in [6.45, 7) is 5.70. The summed E-state index contributed by atoms with van der Waals surface area (Å²) in [4.78, 5) is 0. The van der Waals surface area contributed by atoms with Crippen molar-refractivity contribution in [3.63, 3.8) is 0 Å². The molecule has 13 heavy (non-hydrogen) atoms. The average molecular weight is 174 g/mol. The molecule has 0 amide bonds. The van der Waals surface area contributed by atoms with Gasteiger partial charge in [0, 0.05) is 0 Å². The minimum atomic E-state index is 0.0459. The molecular weight excluding hydrogens is 160 g/mol. The molecule has 0 saturated carbocycles. The molecule has 1 nitrogen and oxygen atoms in total. The molecule has 0 spiro atoms. The van der Waals surface area contributed by atoms with Gasteiger partial charge < -0.3 is 5.11 Å². The van der Waals surface area contributed by atoms with E-state index in [1.54, 1.807) is 6.08 Å². The van der Waals surface area contributed by atoms with E-state index in [-0.39, 0.29) is 6.61 Å². The minimum absolute atomic E-state index is 0.0459. The minimum Gasteiger partial charge on any atom is -0.392 e. The first-order valence-corrected chi connectivity index (χ1v) is 4.28. The highest BCUT2D eigenvalue weighted by molar-refractivity contribution is 5.69. The summed E-state index contributed by atoms with van der Waals surface area (Å²) in [6.07, 6.45) is 1.70. The lowest BCUT2D eigenvalue weighted by Gasteiger charge is -2.05. The second-order valence-electron chi connectivity index (χ2n) is 2.88. The van der Waals surface area contributed by atoms with Crippen LogP contribution in [0.2, 0.25) is 0 Å². The van der Waals surface area contributed by atoms with Crippen molar-refractivity contribution in [1.29, 1.82) is 0 Å². The molecule has 0 fully saturated rings. The predicted octanol–water partition coefficient (Wildman–Crippen LogP) is 2.64. The third-order valence-corrected chi connectivity index (χ3v) is 2.11. The first kappa shape index (κ1) is 9.75. The number of rotatable bonds is 3. The quantitative estimate of drug-likeness (QED) is 0.698. The molecule has 1 heteroatoms. The van der Waals surface area contributed by atoms with Gasteiger partial charge in [-0.1, -0.05) is 43.0 Å². The van der Waals surface area contributed by atoms with Crippen LogP contribution >= 0.6 is 0 Å². The van der Waals surface area contributed by atoms with E-state index in [0.717, 1.165) is 16.7 Å². The van der Waals surface area contributed by atoms with Gasteiger partial charge in [-0.3, -0.25) is 0 Å². The number of hydrogen-bond donors (Lipinski definition) is 1. The van der Waals surface area contributed by atoms with Crippen molar-refractivity contribution >= 4 is 5.57 Å². The van der Waals surface area contributed by atoms with E-state index >= 15 is 0 Å². The fraction of sp³-hybridized carbons (Fsp3) is 0.167. The number of aliphatic hydroxyl groups excluding tert-OH is 1. The van der Waals surface area contributed by atoms with E-state index in [1.807, 2.05) is 37.3 Å². The highest BCUT2D eigenvalue weighted by atomic mass is 16.3. The first-order valence-electron chi connectivity index (χ1n) is 4.28. The van der Waals surface area contributed by atoms with Crippen molar-refractivity contribution in [1.82, 2.24) is 0 Å². The van der Waals surface area contributed by atoms with Gasteiger partial charge in [0.15, 0.2) is 0 Å². The topological polar surface area (TPSA) is 20.2 Å². The monoisotopic (exact) mass is 174 g/mol. The van der Waals surface area contributed by atoms with Gasteiger partial charge in [0.2, 0.25) is 0 Å². The molecule has 0 bridgehead atoms. The Morgan fingerprint density at radius 1 is 1.38 bits per heavy atom. The summed E-state index contributed by atoms with van der Waals surface area (Å²) >= 11 is 0. The Balaban J connectivity index is 3.08. The maximum absolute atomic E-state index is 9.03. The van der Waals surface area contributed by atoms with Gasteiger partial charge in [-0.2, -0.15) is 0 Å². The summed E-state index contributed by atoms with van der Waals surface area (Å²) in [6, 6.07) is 9.99. The van der Waals surface area contributed by atoms with Crippen molar-refractivity contribution in [3.8, 4) is 0 Å². The number of aliphatic hydroxyl groups is 1. The molecule has 1 rings (SSSR count). The van der Waals surface area contributed by atoms with Crippen LogP contribution in [0.5, 0.6) is 0 Å². The molecule has 1 aromatic rings. The molecule has 0 aromatic heterocycles. The lowest BCUT2D eigenvalue weighted by Crippen LogP contribution is -1.90. The van der Waals surface area contributed by atoms with Gasteiger partial charge in [0.1, 0.15) is 0 Å². The highest BCUT2D eigenvalue weighted by Gasteiger charge is 1.99. The van der Waals surface area contributed by atoms with Crippen LogP contribution in [0.3, 0.4) is 0 Å². The molecule has 68 valence electrons. The molecule has 0 radical (unpaired) electrons. The number of benzene rings is 1. The lowest BCUT2D eigenvalue weighted by molar-refractivity contribution is 0.335. The molecule has 0 aliphatic heterocycles. The van der Waals surface area contributed by atoms with E-state index in [0.29, 0.717) is 0 Å².